The van der Waals surface area contributed by atoms with Crippen molar-refractivity contribution >= 4 is 11.5 Å². The molecule has 110 valence electrons. The van der Waals surface area contributed by atoms with Crippen molar-refractivity contribution in [3.8, 4) is 0 Å². The highest BCUT2D eigenvalue weighted by Gasteiger charge is 2.34. The Labute approximate surface area is 116 Å². The molecule has 6 heteroatoms. The molecule has 3 N–H and O–H groups in total. The number of nitrogen functional groups attached to an aromatic ring is 1. The highest BCUT2D eigenvalue weighted by molar-refractivity contribution is 6.00. The van der Waals surface area contributed by atoms with Crippen LogP contribution in [0.1, 0.15) is 31.4 Å². The van der Waals surface area contributed by atoms with Crippen LogP contribution in [-0.4, -0.2) is 18.9 Å². The lowest BCUT2D eigenvalue weighted by molar-refractivity contribution is -0.137. The van der Waals surface area contributed by atoms with Crippen LogP contribution < -0.4 is 10.6 Å². The molecule has 0 spiro atoms. The molecule has 1 heterocycles. The van der Waals surface area contributed by atoms with E-state index in [1.165, 1.54) is 6.07 Å². The number of hydrogen-bond donors (Lipinski definition) is 2. The minimum atomic E-state index is -4.42. The summed E-state index contributed by atoms with van der Waals surface area (Å²) in [6.07, 6.45) is -3.46. The van der Waals surface area contributed by atoms with E-state index >= 15 is 0 Å². The van der Waals surface area contributed by atoms with Gasteiger partial charge in [-0.25, -0.2) is 0 Å². The lowest BCUT2D eigenvalue weighted by Crippen LogP contribution is -2.26. The van der Waals surface area contributed by atoms with Crippen LogP contribution in [0.3, 0.4) is 0 Å². The zero-order chi connectivity index (χ0) is 15.1. The van der Waals surface area contributed by atoms with Gasteiger partial charge in [0.05, 0.1) is 5.56 Å². The number of nitrogens with zero attached hydrogens (tertiary/aromatic N) is 1. The van der Waals surface area contributed by atoms with Crippen molar-refractivity contribution in [1.29, 1.82) is 5.41 Å². The van der Waals surface area contributed by atoms with Crippen LogP contribution in [-0.2, 0) is 6.18 Å². The van der Waals surface area contributed by atoms with Gasteiger partial charge >= 0.3 is 6.18 Å². The van der Waals surface area contributed by atoms with E-state index in [0.29, 0.717) is 5.69 Å². The van der Waals surface area contributed by atoms with Crippen LogP contribution >= 0.6 is 0 Å². The van der Waals surface area contributed by atoms with Gasteiger partial charge in [0.15, 0.2) is 0 Å². The van der Waals surface area contributed by atoms with Gasteiger partial charge in [-0.3, -0.25) is 5.41 Å². The molecule has 1 aliphatic rings. The van der Waals surface area contributed by atoms with Crippen molar-refractivity contribution in [2.75, 3.05) is 18.0 Å². The van der Waals surface area contributed by atoms with E-state index in [-0.39, 0.29) is 16.8 Å². The maximum Gasteiger partial charge on any atom is 0.416 e. The first-order valence-corrected chi connectivity index (χ1v) is 6.41. The SMILES string of the molecule is CC1(C)CCN(c2ccc(C(F)(F)F)cc2C(=N)N)C1. The first kappa shape index (κ1) is 14.7. The second kappa shape index (κ2) is 4.68. The van der Waals surface area contributed by atoms with Crippen LogP contribution in [0.4, 0.5) is 18.9 Å². The predicted octanol–water partition coefficient (Wildman–Crippen LogP) is 3.23. The monoisotopic (exact) mass is 285 g/mol. The second-order valence-electron chi connectivity index (χ2n) is 5.98. The number of anilines is 1. The summed E-state index contributed by atoms with van der Waals surface area (Å²) in [5, 5.41) is 7.52. The molecule has 1 aromatic carbocycles. The Morgan fingerprint density at radius 1 is 1.35 bits per heavy atom. The van der Waals surface area contributed by atoms with E-state index in [0.717, 1.165) is 31.6 Å². The smallest absolute Gasteiger partial charge is 0.384 e. The summed E-state index contributed by atoms with van der Waals surface area (Å²) >= 11 is 0. The molecule has 3 nitrogen and oxygen atoms in total. The van der Waals surface area contributed by atoms with Crippen molar-refractivity contribution in [1.82, 2.24) is 0 Å². The van der Waals surface area contributed by atoms with Gasteiger partial charge in [0.2, 0.25) is 0 Å². The predicted molar refractivity (Wildman–Crippen MR) is 73.1 cm³/mol. The number of nitrogens with two attached hydrogens (primary N) is 1. The molecular weight excluding hydrogens is 267 g/mol. The molecule has 0 aromatic heterocycles. The molecular formula is C14H18F3N3. The Hall–Kier alpha value is -1.72. The topological polar surface area (TPSA) is 53.1 Å². The molecule has 0 saturated carbocycles. The molecule has 0 bridgehead atoms. The van der Waals surface area contributed by atoms with E-state index in [2.05, 4.69) is 13.8 Å². The Balaban J connectivity index is 2.42. The van der Waals surface area contributed by atoms with E-state index in [9.17, 15) is 13.2 Å². The number of rotatable bonds is 2. The number of alkyl halides is 3. The summed E-state index contributed by atoms with van der Waals surface area (Å²) in [5.41, 5.74) is 5.56. The zero-order valence-corrected chi connectivity index (χ0v) is 11.5. The van der Waals surface area contributed by atoms with Crippen molar-refractivity contribution in [3.05, 3.63) is 29.3 Å². The quantitative estimate of drug-likeness (QED) is 0.647. The zero-order valence-electron chi connectivity index (χ0n) is 11.5. The summed E-state index contributed by atoms with van der Waals surface area (Å²) in [5.74, 6) is -0.337. The summed E-state index contributed by atoms with van der Waals surface area (Å²) in [6.45, 7) is 5.74. The summed E-state index contributed by atoms with van der Waals surface area (Å²) in [4.78, 5) is 2.00. The lowest BCUT2D eigenvalue weighted by Gasteiger charge is -2.24. The van der Waals surface area contributed by atoms with Gasteiger partial charge in [0, 0.05) is 24.3 Å². The van der Waals surface area contributed by atoms with Crippen molar-refractivity contribution in [3.63, 3.8) is 0 Å². The minimum absolute atomic E-state index is 0.122. The summed E-state index contributed by atoms with van der Waals surface area (Å²) in [7, 11) is 0. The average Bonchev–Trinajstić information content (AvgIpc) is 2.67. The lowest BCUT2D eigenvalue weighted by atomic mass is 9.93. The van der Waals surface area contributed by atoms with Gasteiger partial charge in [0.1, 0.15) is 5.84 Å². The van der Waals surface area contributed by atoms with Gasteiger partial charge in [-0.1, -0.05) is 13.8 Å². The molecule has 1 aliphatic heterocycles. The normalized spacial score (nSPS) is 18.4. The first-order valence-electron chi connectivity index (χ1n) is 6.41. The number of hydrogen-bond acceptors (Lipinski definition) is 2. The molecule has 0 radical (unpaired) electrons. The second-order valence-corrected chi connectivity index (χ2v) is 5.98. The third kappa shape index (κ3) is 2.89. The third-order valence-corrected chi connectivity index (χ3v) is 3.63. The van der Waals surface area contributed by atoms with Crippen LogP contribution in [0, 0.1) is 10.8 Å². The van der Waals surface area contributed by atoms with Crippen LogP contribution in [0.15, 0.2) is 18.2 Å². The molecule has 1 saturated heterocycles. The molecule has 2 rings (SSSR count). The highest BCUT2D eigenvalue weighted by atomic mass is 19.4. The van der Waals surface area contributed by atoms with E-state index < -0.39 is 11.7 Å². The Morgan fingerprint density at radius 3 is 2.45 bits per heavy atom. The van der Waals surface area contributed by atoms with Gasteiger partial charge in [-0.05, 0) is 30.0 Å². The molecule has 0 unspecified atom stereocenters. The number of benzene rings is 1. The Bertz CT molecular complexity index is 535. The van der Waals surface area contributed by atoms with Crippen molar-refractivity contribution in [2.24, 2.45) is 11.1 Å². The van der Waals surface area contributed by atoms with Gasteiger partial charge in [-0.2, -0.15) is 13.2 Å². The fraction of sp³-hybridized carbons (Fsp3) is 0.500. The first-order chi connectivity index (χ1) is 9.10. The van der Waals surface area contributed by atoms with E-state index in [1.807, 2.05) is 4.90 Å². The summed E-state index contributed by atoms with van der Waals surface area (Å²) < 4.78 is 38.2. The highest BCUT2D eigenvalue weighted by Crippen LogP contribution is 2.37. The molecule has 0 aliphatic carbocycles. The Morgan fingerprint density at radius 2 is 2.00 bits per heavy atom. The number of nitrogens with one attached hydrogen (secondary N) is 1. The van der Waals surface area contributed by atoms with Crippen LogP contribution in [0.5, 0.6) is 0 Å². The standard InChI is InChI=1S/C14H18F3N3/c1-13(2)5-6-20(8-13)11-4-3-9(14(15,16)17)7-10(11)12(18)19/h3-4,7H,5-6,8H2,1-2H3,(H3,18,19). The molecule has 1 aromatic rings. The van der Waals surface area contributed by atoms with Gasteiger partial charge < -0.3 is 10.6 Å². The number of amidine groups is 1. The molecule has 20 heavy (non-hydrogen) atoms. The fourth-order valence-corrected chi connectivity index (χ4v) is 2.52. The fourth-order valence-electron chi connectivity index (χ4n) is 2.52. The van der Waals surface area contributed by atoms with Crippen molar-refractivity contribution in [2.45, 2.75) is 26.4 Å². The Kier molecular flexibility index (Phi) is 3.44. The van der Waals surface area contributed by atoms with Crippen molar-refractivity contribution < 1.29 is 13.2 Å². The van der Waals surface area contributed by atoms with Crippen LogP contribution in [0.25, 0.3) is 0 Å². The molecule has 0 atom stereocenters. The van der Waals surface area contributed by atoms with Crippen LogP contribution in [0.2, 0.25) is 0 Å². The maximum atomic E-state index is 12.7. The summed E-state index contributed by atoms with van der Waals surface area (Å²) in [6, 6.07) is 3.43. The van der Waals surface area contributed by atoms with Gasteiger partial charge in [-0.15, -0.1) is 0 Å². The van der Waals surface area contributed by atoms with E-state index in [1.54, 1.807) is 0 Å². The molecule has 1 fully saturated rings. The number of halogens is 3. The average molecular weight is 285 g/mol. The minimum Gasteiger partial charge on any atom is -0.384 e. The maximum absolute atomic E-state index is 12.7. The van der Waals surface area contributed by atoms with Gasteiger partial charge in [0.25, 0.3) is 0 Å². The van der Waals surface area contributed by atoms with E-state index in [4.69, 9.17) is 11.1 Å². The molecule has 0 amide bonds. The largest absolute Gasteiger partial charge is 0.416 e. The third-order valence-electron chi connectivity index (χ3n) is 3.63.